The van der Waals surface area contributed by atoms with Gasteiger partial charge in [0.15, 0.2) is 11.5 Å². The van der Waals surface area contributed by atoms with Crippen LogP contribution in [0.15, 0.2) is 65.7 Å². The Hall–Kier alpha value is -3.58. The summed E-state index contributed by atoms with van der Waals surface area (Å²) in [6.07, 6.45) is 0. The molecule has 4 rings (SSSR count). The number of benzene rings is 2. The van der Waals surface area contributed by atoms with E-state index in [1.54, 1.807) is 44.6 Å². The van der Waals surface area contributed by atoms with Gasteiger partial charge in [-0.3, -0.25) is 9.59 Å². The zero-order valence-corrected chi connectivity index (χ0v) is 17.6. The number of methoxy groups -OCH3 is 2. The number of carbonyl (C=O) groups is 2. The lowest BCUT2D eigenvalue weighted by Gasteiger charge is -2.16. The fourth-order valence-corrected chi connectivity index (χ4v) is 4.05. The van der Waals surface area contributed by atoms with E-state index < -0.39 is 5.91 Å². The highest BCUT2D eigenvalue weighted by Crippen LogP contribution is 2.37. The standard InChI is InChI=1S/C23H20N2O4S/c1-14-6-9-16(10-7-14)25-22(26)20(19-5-4-12-30-19)21(23(25)27)24-15-8-11-17(28-2)18(13-15)29-3/h4-13,24H,1-3H3. The van der Waals surface area contributed by atoms with E-state index in [9.17, 15) is 9.59 Å². The molecule has 1 N–H and O–H groups in total. The number of hydrogen-bond donors (Lipinski definition) is 1. The van der Waals surface area contributed by atoms with Gasteiger partial charge in [0, 0.05) is 16.6 Å². The lowest BCUT2D eigenvalue weighted by atomic mass is 10.1. The minimum atomic E-state index is -0.401. The Labute approximate surface area is 178 Å². The highest BCUT2D eigenvalue weighted by atomic mass is 32.1. The molecule has 0 spiro atoms. The molecule has 0 aliphatic carbocycles. The number of anilines is 2. The first-order valence-corrected chi connectivity index (χ1v) is 10.1. The van der Waals surface area contributed by atoms with Crippen LogP contribution in [0.4, 0.5) is 11.4 Å². The molecule has 0 atom stereocenters. The normalized spacial score (nSPS) is 13.8. The number of amides is 2. The molecule has 0 unspecified atom stereocenters. The molecule has 0 saturated carbocycles. The van der Waals surface area contributed by atoms with Gasteiger partial charge in [0.05, 0.1) is 25.5 Å². The molecule has 1 aliphatic rings. The molecule has 6 nitrogen and oxygen atoms in total. The predicted octanol–water partition coefficient (Wildman–Crippen LogP) is 4.47. The summed E-state index contributed by atoms with van der Waals surface area (Å²) in [5, 5.41) is 5.01. The largest absolute Gasteiger partial charge is 0.493 e. The van der Waals surface area contributed by atoms with Crippen molar-refractivity contribution >= 4 is 40.1 Å². The summed E-state index contributed by atoms with van der Waals surface area (Å²) in [5.74, 6) is 0.342. The van der Waals surface area contributed by atoms with E-state index in [-0.39, 0.29) is 11.6 Å². The van der Waals surface area contributed by atoms with Gasteiger partial charge < -0.3 is 14.8 Å². The van der Waals surface area contributed by atoms with Gasteiger partial charge in [0.2, 0.25) is 0 Å². The topological polar surface area (TPSA) is 67.9 Å². The van der Waals surface area contributed by atoms with E-state index in [0.717, 1.165) is 10.4 Å². The first-order valence-electron chi connectivity index (χ1n) is 9.26. The van der Waals surface area contributed by atoms with Gasteiger partial charge in [-0.2, -0.15) is 0 Å². The summed E-state index contributed by atoms with van der Waals surface area (Å²) >= 11 is 1.41. The maximum Gasteiger partial charge on any atom is 0.282 e. The molecule has 1 aromatic heterocycles. The highest BCUT2D eigenvalue weighted by molar-refractivity contribution is 7.11. The maximum atomic E-state index is 13.3. The third-order valence-electron chi connectivity index (χ3n) is 4.80. The van der Waals surface area contributed by atoms with Crippen LogP contribution in [-0.4, -0.2) is 26.0 Å². The van der Waals surface area contributed by atoms with Crippen molar-refractivity contribution in [3.05, 3.63) is 76.1 Å². The summed E-state index contributed by atoms with van der Waals surface area (Å²) < 4.78 is 10.6. The van der Waals surface area contributed by atoms with Gasteiger partial charge in [0.25, 0.3) is 11.8 Å². The number of nitrogens with one attached hydrogen (secondary N) is 1. The van der Waals surface area contributed by atoms with Gasteiger partial charge in [-0.15, -0.1) is 11.3 Å². The summed E-state index contributed by atoms with van der Waals surface area (Å²) in [6, 6.07) is 16.2. The molecular weight excluding hydrogens is 400 g/mol. The Morgan fingerprint density at radius 1 is 0.900 bits per heavy atom. The Morgan fingerprint density at radius 2 is 1.63 bits per heavy atom. The highest BCUT2D eigenvalue weighted by Gasteiger charge is 2.40. The van der Waals surface area contributed by atoms with E-state index in [0.29, 0.717) is 28.4 Å². The minimum absolute atomic E-state index is 0.232. The van der Waals surface area contributed by atoms with Crippen molar-refractivity contribution in [2.24, 2.45) is 0 Å². The van der Waals surface area contributed by atoms with Crippen LogP contribution in [0, 0.1) is 6.92 Å². The monoisotopic (exact) mass is 420 g/mol. The molecule has 3 aromatic rings. The van der Waals surface area contributed by atoms with Crippen LogP contribution in [0.2, 0.25) is 0 Å². The van der Waals surface area contributed by atoms with Crippen molar-refractivity contribution in [2.45, 2.75) is 6.92 Å². The SMILES string of the molecule is COc1ccc(NC2=C(c3cccs3)C(=O)N(c3ccc(C)cc3)C2=O)cc1OC. The second kappa shape index (κ2) is 8.04. The average molecular weight is 420 g/mol. The lowest BCUT2D eigenvalue weighted by Crippen LogP contribution is -2.32. The van der Waals surface area contributed by atoms with Crippen LogP contribution in [-0.2, 0) is 9.59 Å². The molecule has 7 heteroatoms. The van der Waals surface area contributed by atoms with Gasteiger partial charge in [-0.25, -0.2) is 4.90 Å². The van der Waals surface area contributed by atoms with Gasteiger partial charge in [0.1, 0.15) is 5.70 Å². The molecule has 1 aliphatic heterocycles. The van der Waals surface area contributed by atoms with Crippen molar-refractivity contribution < 1.29 is 19.1 Å². The number of aryl methyl sites for hydroxylation is 1. The van der Waals surface area contributed by atoms with Gasteiger partial charge >= 0.3 is 0 Å². The number of imide groups is 1. The molecule has 0 fully saturated rings. The van der Waals surface area contributed by atoms with Crippen molar-refractivity contribution in [3.8, 4) is 11.5 Å². The Balaban J connectivity index is 1.77. The fraction of sp³-hybridized carbons (Fsp3) is 0.130. The minimum Gasteiger partial charge on any atom is -0.493 e. The number of carbonyl (C=O) groups excluding carboxylic acids is 2. The second-order valence-electron chi connectivity index (χ2n) is 6.70. The second-order valence-corrected chi connectivity index (χ2v) is 7.65. The van der Waals surface area contributed by atoms with Gasteiger partial charge in [-0.1, -0.05) is 23.8 Å². The van der Waals surface area contributed by atoms with E-state index in [2.05, 4.69) is 5.32 Å². The molecule has 2 aromatic carbocycles. The number of nitrogens with zero attached hydrogens (tertiary/aromatic N) is 1. The van der Waals surface area contributed by atoms with E-state index in [1.165, 1.54) is 16.2 Å². The maximum absolute atomic E-state index is 13.3. The lowest BCUT2D eigenvalue weighted by molar-refractivity contribution is -0.120. The first-order chi connectivity index (χ1) is 14.5. The number of thiophene rings is 1. The quantitative estimate of drug-likeness (QED) is 0.596. The zero-order chi connectivity index (χ0) is 21.3. The third-order valence-corrected chi connectivity index (χ3v) is 5.68. The number of ether oxygens (including phenoxy) is 2. The van der Waals surface area contributed by atoms with Crippen LogP contribution in [0.1, 0.15) is 10.4 Å². The van der Waals surface area contributed by atoms with Crippen LogP contribution >= 0.6 is 11.3 Å². The average Bonchev–Trinajstić information content (AvgIpc) is 3.36. The first kappa shape index (κ1) is 19.7. The molecule has 0 radical (unpaired) electrons. The smallest absolute Gasteiger partial charge is 0.282 e. The van der Waals surface area contributed by atoms with E-state index in [1.807, 2.05) is 36.6 Å². The molecule has 0 saturated heterocycles. The Kier molecular flexibility index (Phi) is 5.29. The van der Waals surface area contributed by atoms with Crippen molar-refractivity contribution in [1.82, 2.24) is 0 Å². The van der Waals surface area contributed by atoms with Crippen molar-refractivity contribution in [3.63, 3.8) is 0 Å². The van der Waals surface area contributed by atoms with Crippen molar-refractivity contribution in [2.75, 3.05) is 24.4 Å². The fourth-order valence-electron chi connectivity index (χ4n) is 3.28. The summed E-state index contributed by atoms with van der Waals surface area (Å²) in [4.78, 5) is 28.5. The van der Waals surface area contributed by atoms with Crippen LogP contribution < -0.4 is 19.7 Å². The summed E-state index contributed by atoms with van der Waals surface area (Å²) in [7, 11) is 3.10. The molecule has 2 amide bonds. The zero-order valence-electron chi connectivity index (χ0n) is 16.8. The molecule has 152 valence electrons. The van der Waals surface area contributed by atoms with Crippen LogP contribution in [0.25, 0.3) is 5.57 Å². The summed E-state index contributed by atoms with van der Waals surface area (Å²) in [5.41, 5.74) is 2.78. The molecule has 2 heterocycles. The van der Waals surface area contributed by atoms with Crippen LogP contribution in [0.5, 0.6) is 11.5 Å². The number of rotatable bonds is 6. The molecule has 30 heavy (non-hydrogen) atoms. The third kappa shape index (κ3) is 3.44. The number of hydrogen-bond acceptors (Lipinski definition) is 6. The van der Waals surface area contributed by atoms with E-state index in [4.69, 9.17) is 9.47 Å². The van der Waals surface area contributed by atoms with Crippen LogP contribution in [0.3, 0.4) is 0 Å². The van der Waals surface area contributed by atoms with Gasteiger partial charge in [-0.05, 0) is 42.6 Å². The van der Waals surface area contributed by atoms with Crippen molar-refractivity contribution in [1.29, 1.82) is 0 Å². The van der Waals surface area contributed by atoms with E-state index >= 15 is 0 Å². The Bertz CT molecular complexity index is 1130. The molecule has 0 bridgehead atoms. The molecular formula is C23H20N2O4S. The summed E-state index contributed by atoms with van der Waals surface area (Å²) in [6.45, 7) is 1.96. The predicted molar refractivity (Wildman–Crippen MR) is 118 cm³/mol. The Morgan fingerprint density at radius 3 is 2.27 bits per heavy atom.